The molecule has 0 bridgehead atoms. The molecule has 0 saturated heterocycles. The standard InChI is InChI=1S/C15H22O2/c1-15(2,3)11-7-8-13(17-4)12(9-11)14(16)10-5-6-10/h7-10,14,16H,5-6H2,1-4H3. The van der Waals surface area contributed by atoms with Gasteiger partial charge in [0.25, 0.3) is 0 Å². The first-order valence-electron chi connectivity index (χ1n) is 6.30. The van der Waals surface area contributed by atoms with E-state index in [-0.39, 0.29) is 11.5 Å². The Morgan fingerprint density at radius 3 is 2.41 bits per heavy atom. The summed E-state index contributed by atoms with van der Waals surface area (Å²) >= 11 is 0. The maximum atomic E-state index is 10.3. The van der Waals surface area contributed by atoms with E-state index < -0.39 is 0 Å². The summed E-state index contributed by atoms with van der Waals surface area (Å²) in [4.78, 5) is 0. The molecule has 17 heavy (non-hydrogen) atoms. The molecule has 0 aliphatic heterocycles. The lowest BCUT2D eigenvalue weighted by atomic mass is 9.85. The largest absolute Gasteiger partial charge is 0.496 e. The SMILES string of the molecule is COc1ccc(C(C)(C)C)cc1C(O)C1CC1. The van der Waals surface area contributed by atoms with Crippen molar-refractivity contribution >= 4 is 0 Å². The summed E-state index contributed by atoms with van der Waals surface area (Å²) in [6, 6.07) is 6.16. The lowest BCUT2D eigenvalue weighted by molar-refractivity contribution is 0.149. The molecule has 2 rings (SSSR count). The summed E-state index contributed by atoms with van der Waals surface area (Å²) in [6.07, 6.45) is 1.89. The van der Waals surface area contributed by atoms with Crippen LogP contribution in [0, 0.1) is 5.92 Å². The van der Waals surface area contributed by atoms with Gasteiger partial charge in [0, 0.05) is 5.56 Å². The average molecular weight is 234 g/mol. The van der Waals surface area contributed by atoms with Gasteiger partial charge in [-0.3, -0.25) is 0 Å². The molecule has 0 heterocycles. The molecule has 1 fully saturated rings. The minimum atomic E-state index is -0.368. The minimum absolute atomic E-state index is 0.101. The molecule has 1 saturated carbocycles. The highest BCUT2D eigenvalue weighted by Crippen LogP contribution is 2.44. The van der Waals surface area contributed by atoms with Gasteiger partial charge in [-0.25, -0.2) is 0 Å². The molecular formula is C15H22O2. The van der Waals surface area contributed by atoms with Gasteiger partial charge in [-0.1, -0.05) is 26.8 Å². The number of hydrogen-bond acceptors (Lipinski definition) is 2. The first-order valence-corrected chi connectivity index (χ1v) is 6.30. The topological polar surface area (TPSA) is 29.5 Å². The number of aliphatic hydroxyl groups is 1. The van der Waals surface area contributed by atoms with Crippen LogP contribution in [0.15, 0.2) is 18.2 Å². The Morgan fingerprint density at radius 2 is 1.94 bits per heavy atom. The second-order valence-corrected chi connectivity index (χ2v) is 5.99. The Balaban J connectivity index is 2.39. The van der Waals surface area contributed by atoms with E-state index in [9.17, 15) is 5.11 Å². The Hall–Kier alpha value is -1.02. The van der Waals surface area contributed by atoms with Gasteiger partial charge >= 0.3 is 0 Å². The molecule has 1 aliphatic carbocycles. The summed E-state index contributed by atoms with van der Waals surface area (Å²) < 4.78 is 5.35. The van der Waals surface area contributed by atoms with Gasteiger partial charge in [0.05, 0.1) is 13.2 Å². The molecular weight excluding hydrogens is 212 g/mol. The molecule has 0 radical (unpaired) electrons. The van der Waals surface area contributed by atoms with Crippen LogP contribution in [0.5, 0.6) is 5.75 Å². The van der Waals surface area contributed by atoms with Crippen molar-refractivity contribution < 1.29 is 9.84 Å². The maximum absolute atomic E-state index is 10.3. The highest BCUT2D eigenvalue weighted by atomic mass is 16.5. The van der Waals surface area contributed by atoms with Crippen molar-refractivity contribution in [3.8, 4) is 5.75 Å². The van der Waals surface area contributed by atoms with Gasteiger partial charge < -0.3 is 9.84 Å². The highest BCUT2D eigenvalue weighted by Gasteiger charge is 2.33. The van der Waals surface area contributed by atoms with Crippen LogP contribution in [-0.2, 0) is 5.41 Å². The van der Waals surface area contributed by atoms with Crippen LogP contribution >= 0.6 is 0 Å². The number of hydrogen-bond donors (Lipinski definition) is 1. The monoisotopic (exact) mass is 234 g/mol. The van der Waals surface area contributed by atoms with Gasteiger partial charge in [-0.15, -0.1) is 0 Å². The van der Waals surface area contributed by atoms with Crippen molar-refractivity contribution in [1.29, 1.82) is 0 Å². The summed E-state index contributed by atoms with van der Waals surface area (Å²) in [5, 5.41) is 10.3. The Bertz CT molecular complexity index is 400. The molecule has 1 atom stereocenters. The molecule has 1 aromatic carbocycles. The molecule has 1 aromatic rings. The fourth-order valence-electron chi connectivity index (χ4n) is 2.10. The quantitative estimate of drug-likeness (QED) is 0.868. The third-order valence-electron chi connectivity index (χ3n) is 3.48. The molecule has 0 spiro atoms. The number of rotatable bonds is 3. The van der Waals surface area contributed by atoms with Crippen LogP contribution in [0.3, 0.4) is 0 Å². The van der Waals surface area contributed by atoms with Crippen molar-refractivity contribution in [2.24, 2.45) is 5.92 Å². The predicted molar refractivity (Wildman–Crippen MR) is 69.4 cm³/mol. The minimum Gasteiger partial charge on any atom is -0.496 e. The van der Waals surface area contributed by atoms with Gasteiger partial charge in [-0.05, 0) is 41.9 Å². The third kappa shape index (κ3) is 2.63. The maximum Gasteiger partial charge on any atom is 0.124 e. The first-order chi connectivity index (χ1) is 7.93. The molecule has 2 heteroatoms. The zero-order chi connectivity index (χ0) is 12.6. The number of aliphatic hydroxyl groups excluding tert-OH is 1. The molecule has 1 aliphatic rings. The first kappa shape index (κ1) is 12.4. The van der Waals surface area contributed by atoms with Gasteiger partial charge in [-0.2, -0.15) is 0 Å². The Morgan fingerprint density at radius 1 is 1.29 bits per heavy atom. The predicted octanol–water partition coefficient (Wildman–Crippen LogP) is 3.44. The molecule has 0 aromatic heterocycles. The second-order valence-electron chi connectivity index (χ2n) is 5.99. The summed E-state index contributed by atoms with van der Waals surface area (Å²) in [7, 11) is 1.66. The summed E-state index contributed by atoms with van der Waals surface area (Å²) in [5.41, 5.74) is 2.29. The van der Waals surface area contributed by atoms with Crippen molar-refractivity contribution in [3.63, 3.8) is 0 Å². The van der Waals surface area contributed by atoms with Crippen LogP contribution in [-0.4, -0.2) is 12.2 Å². The Kier molecular flexibility index (Phi) is 3.17. The van der Waals surface area contributed by atoms with E-state index in [2.05, 4.69) is 32.9 Å². The van der Waals surface area contributed by atoms with E-state index in [1.54, 1.807) is 7.11 Å². The molecule has 2 nitrogen and oxygen atoms in total. The van der Waals surface area contributed by atoms with Crippen LogP contribution in [0.25, 0.3) is 0 Å². The van der Waals surface area contributed by atoms with Gasteiger partial charge in [0.2, 0.25) is 0 Å². The average Bonchev–Trinajstić information content (AvgIpc) is 3.09. The van der Waals surface area contributed by atoms with Crippen molar-refractivity contribution in [2.75, 3.05) is 7.11 Å². The van der Waals surface area contributed by atoms with Crippen LogP contribution in [0.4, 0.5) is 0 Å². The fraction of sp³-hybridized carbons (Fsp3) is 0.600. The van der Waals surface area contributed by atoms with E-state index in [4.69, 9.17) is 4.74 Å². The van der Waals surface area contributed by atoms with Gasteiger partial charge in [0.15, 0.2) is 0 Å². The molecule has 94 valence electrons. The van der Waals surface area contributed by atoms with Crippen LogP contribution < -0.4 is 4.74 Å². The summed E-state index contributed by atoms with van der Waals surface area (Å²) in [5.74, 6) is 1.23. The third-order valence-corrected chi connectivity index (χ3v) is 3.48. The number of methoxy groups -OCH3 is 1. The van der Waals surface area contributed by atoms with Crippen molar-refractivity contribution in [2.45, 2.75) is 45.1 Å². The van der Waals surface area contributed by atoms with Gasteiger partial charge in [0.1, 0.15) is 5.75 Å². The lowest BCUT2D eigenvalue weighted by Crippen LogP contribution is -2.13. The lowest BCUT2D eigenvalue weighted by Gasteiger charge is -2.22. The van der Waals surface area contributed by atoms with Crippen molar-refractivity contribution in [3.05, 3.63) is 29.3 Å². The van der Waals surface area contributed by atoms with Crippen LogP contribution in [0.2, 0.25) is 0 Å². The van der Waals surface area contributed by atoms with E-state index in [1.165, 1.54) is 5.56 Å². The van der Waals surface area contributed by atoms with E-state index in [0.29, 0.717) is 5.92 Å². The molecule has 1 N–H and O–H groups in total. The van der Waals surface area contributed by atoms with E-state index in [1.807, 2.05) is 6.07 Å². The normalized spacial score (nSPS) is 17.9. The number of benzene rings is 1. The summed E-state index contributed by atoms with van der Waals surface area (Å²) in [6.45, 7) is 6.55. The molecule has 1 unspecified atom stereocenters. The number of ether oxygens (including phenoxy) is 1. The van der Waals surface area contributed by atoms with E-state index in [0.717, 1.165) is 24.2 Å². The molecule has 0 amide bonds. The van der Waals surface area contributed by atoms with E-state index >= 15 is 0 Å². The van der Waals surface area contributed by atoms with Crippen LogP contribution in [0.1, 0.15) is 50.8 Å². The zero-order valence-electron chi connectivity index (χ0n) is 11.2. The van der Waals surface area contributed by atoms with Crippen molar-refractivity contribution in [1.82, 2.24) is 0 Å². The zero-order valence-corrected chi connectivity index (χ0v) is 11.2. The smallest absolute Gasteiger partial charge is 0.124 e. The second kappa shape index (κ2) is 4.34. The highest BCUT2D eigenvalue weighted by molar-refractivity contribution is 5.41. The fourth-order valence-corrected chi connectivity index (χ4v) is 2.10. The Labute approximate surface area is 104 Å².